The molecule has 104 valence electrons. The van der Waals surface area contributed by atoms with Gasteiger partial charge < -0.3 is 16.4 Å². The average Bonchev–Trinajstić information content (AvgIpc) is 2.42. The van der Waals surface area contributed by atoms with Gasteiger partial charge in [0, 0.05) is 18.4 Å². The van der Waals surface area contributed by atoms with E-state index in [9.17, 15) is 4.79 Å². The third kappa shape index (κ3) is 2.91. The summed E-state index contributed by atoms with van der Waals surface area (Å²) in [7, 11) is 1.61. The van der Waals surface area contributed by atoms with Crippen LogP contribution >= 0.6 is 0 Å². The second-order valence-electron chi connectivity index (χ2n) is 4.81. The van der Waals surface area contributed by atoms with Crippen molar-refractivity contribution in [3.8, 4) is 0 Å². The molecule has 0 aliphatic rings. The van der Waals surface area contributed by atoms with Gasteiger partial charge in [0.25, 0.3) is 5.91 Å². The number of benzene rings is 2. The molecule has 0 heterocycles. The average molecular weight is 269 g/mol. The molecule has 2 aromatic carbocycles. The van der Waals surface area contributed by atoms with Gasteiger partial charge in [0.2, 0.25) is 0 Å². The summed E-state index contributed by atoms with van der Waals surface area (Å²) >= 11 is 0. The zero-order chi connectivity index (χ0) is 14.7. The maximum absolute atomic E-state index is 11.9. The molecule has 0 unspecified atom stereocenters. The van der Waals surface area contributed by atoms with E-state index < -0.39 is 0 Å². The third-order valence-electron chi connectivity index (χ3n) is 3.30. The zero-order valence-electron chi connectivity index (χ0n) is 11.9. The van der Waals surface area contributed by atoms with Crippen LogP contribution in [0.15, 0.2) is 36.4 Å². The van der Waals surface area contributed by atoms with Gasteiger partial charge in [0.05, 0.1) is 11.3 Å². The summed E-state index contributed by atoms with van der Waals surface area (Å²) < 4.78 is 0. The van der Waals surface area contributed by atoms with Crippen LogP contribution in [0.2, 0.25) is 0 Å². The first-order valence-corrected chi connectivity index (χ1v) is 6.47. The number of rotatable bonds is 3. The molecule has 0 aliphatic heterocycles. The van der Waals surface area contributed by atoms with Crippen molar-refractivity contribution in [1.82, 2.24) is 5.32 Å². The highest BCUT2D eigenvalue weighted by Gasteiger charge is 2.10. The van der Waals surface area contributed by atoms with E-state index in [1.807, 2.05) is 18.2 Å². The van der Waals surface area contributed by atoms with Crippen LogP contribution in [0, 0.1) is 13.8 Å². The van der Waals surface area contributed by atoms with Crippen LogP contribution < -0.4 is 16.4 Å². The Labute approximate surface area is 119 Å². The molecule has 0 radical (unpaired) electrons. The summed E-state index contributed by atoms with van der Waals surface area (Å²) in [4.78, 5) is 11.9. The molecule has 4 nitrogen and oxygen atoms in total. The van der Waals surface area contributed by atoms with Crippen molar-refractivity contribution in [2.45, 2.75) is 13.8 Å². The minimum atomic E-state index is -0.142. The molecule has 20 heavy (non-hydrogen) atoms. The van der Waals surface area contributed by atoms with E-state index in [2.05, 4.69) is 24.5 Å². The number of carbonyl (C=O) groups excluding carboxylic acids is 1. The van der Waals surface area contributed by atoms with Crippen molar-refractivity contribution in [1.29, 1.82) is 0 Å². The lowest BCUT2D eigenvalue weighted by molar-refractivity contribution is 0.0964. The van der Waals surface area contributed by atoms with E-state index in [1.165, 1.54) is 11.1 Å². The first kappa shape index (κ1) is 13.9. The van der Waals surface area contributed by atoms with Gasteiger partial charge in [0.1, 0.15) is 0 Å². The van der Waals surface area contributed by atoms with Gasteiger partial charge in [0.15, 0.2) is 0 Å². The molecule has 1 amide bonds. The lowest BCUT2D eigenvalue weighted by Gasteiger charge is -2.13. The van der Waals surface area contributed by atoms with Gasteiger partial charge in [-0.2, -0.15) is 0 Å². The van der Waals surface area contributed by atoms with Crippen LogP contribution in [-0.4, -0.2) is 13.0 Å². The Morgan fingerprint density at radius 3 is 2.45 bits per heavy atom. The molecular formula is C16H19N3O. The molecule has 0 fully saturated rings. The van der Waals surface area contributed by atoms with Crippen molar-refractivity contribution < 1.29 is 4.79 Å². The quantitative estimate of drug-likeness (QED) is 0.750. The molecular weight excluding hydrogens is 250 g/mol. The number of hydrogen-bond acceptors (Lipinski definition) is 3. The smallest absolute Gasteiger partial charge is 0.253 e. The van der Waals surface area contributed by atoms with Gasteiger partial charge in [-0.15, -0.1) is 0 Å². The Morgan fingerprint density at radius 2 is 1.80 bits per heavy atom. The molecule has 0 atom stereocenters. The van der Waals surface area contributed by atoms with Gasteiger partial charge in [-0.3, -0.25) is 4.79 Å². The largest absolute Gasteiger partial charge is 0.399 e. The van der Waals surface area contributed by atoms with Crippen molar-refractivity contribution in [2.75, 3.05) is 18.1 Å². The number of amides is 1. The standard InChI is InChI=1S/C16H19N3O/c1-10-4-6-13(8-11(10)2)19-15-9-12(17)5-7-14(15)16(20)18-3/h4-9,19H,17H2,1-3H3,(H,18,20). The number of anilines is 3. The van der Waals surface area contributed by atoms with E-state index in [-0.39, 0.29) is 5.91 Å². The molecule has 0 bridgehead atoms. The highest BCUT2D eigenvalue weighted by Crippen LogP contribution is 2.25. The Morgan fingerprint density at radius 1 is 1.05 bits per heavy atom. The molecule has 0 aromatic heterocycles. The predicted molar refractivity (Wildman–Crippen MR) is 83.4 cm³/mol. The minimum Gasteiger partial charge on any atom is -0.399 e. The van der Waals surface area contributed by atoms with Crippen molar-refractivity contribution in [2.24, 2.45) is 0 Å². The number of carbonyl (C=O) groups is 1. The van der Waals surface area contributed by atoms with Gasteiger partial charge in [-0.1, -0.05) is 6.07 Å². The molecule has 0 aliphatic carbocycles. The number of hydrogen-bond donors (Lipinski definition) is 3. The normalized spacial score (nSPS) is 10.2. The summed E-state index contributed by atoms with van der Waals surface area (Å²) in [5.74, 6) is -0.142. The predicted octanol–water partition coefficient (Wildman–Crippen LogP) is 2.99. The van der Waals surface area contributed by atoms with Gasteiger partial charge >= 0.3 is 0 Å². The SMILES string of the molecule is CNC(=O)c1ccc(N)cc1Nc1ccc(C)c(C)c1. The fourth-order valence-electron chi connectivity index (χ4n) is 1.97. The molecule has 0 spiro atoms. The Hall–Kier alpha value is -2.49. The van der Waals surface area contributed by atoms with Crippen molar-refractivity contribution in [3.63, 3.8) is 0 Å². The molecule has 0 saturated carbocycles. The van der Waals surface area contributed by atoms with Gasteiger partial charge in [-0.25, -0.2) is 0 Å². The molecule has 4 heteroatoms. The summed E-state index contributed by atoms with van der Waals surface area (Å²) in [6.07, 6.45) is 0. The molecule has 2 rings (SSSR count). The van der Waals surface area contributed by atoms with Crippen LogP contribution in [0.5, 0.6) is 0 Å². The number of nitrogens with one attached hydrogen (secondary N) is 2. The molecule has 2 aromatic rings. The van der Waals surface area contributed by atoms with E-state index in [0.29, 0.717) is 16.9 Å². The Kier molecular flexibility index (Phi) is 3.94. The maximum Gasteiger partial charge on any atom is 0.253 e. The monoisotopic (exact) mass is 269 g/mol. The first-order valence-electron chi connectivity index (χ1n) is 6.47. The highest BCUT2D eigenvalue weighted by molar-refractivity contribution is 6.00. The van der Waals surface area contributed by atoms with Gasteiger partial charge in [-0.05, 0) is 55.3 Å². The third-order valence-corrected chi connectivity index (χ3v) is 3.30. The number of nitrogen functional groups attached to an aromatic ring is 1. The fraction of sp³-hybridized carbons (Fsp3) is 0.188. The number of aryl methyl sites for hydroxylation is 2. The lowest BCUT2D eigenvalue weighted by atomic mass is 10.1. The summed E-state index contributed by atoms with van der Waals surface area (Å²) in [6.45, 7) is 4.12. The van der Waals surface area contributed by atoms with Crippen LogP contribution in [0.4, 0.5) is 17.1 Å². The Bertz CT molecular complexity index is 650. The second kappa shape index (κ2) is 5.65. The number of nitrogens with two attached hydrogens (primary N) is 1. The van der Waals surface area contributed by atoms with E-state index in [0.717, 1.165) is 5.69 Å². The minimum absolute atomic E-state index is 0.142. The topological polar surface area (TPSA) is 67.2 Å². The van der Waals surface area contributed by atoms with Crippen LogP contribution in [-0.2, 0) is 0 Å². The van der Waals surface area contributed by atoms with Crippen LogP contribution in [0.1, 0.15) is 21.5 Å². The van der Waals surface area contributed by atoms with Crippen molar-refractivity contribution in [3.05, 3.63) is 53.1 Å². The van der Waals surface area contributed by atoms with Crippen LogP contribution in [0.3, 0.4) is 0 Å². The maximum atomic E-state index is 11.9. The molecule has 4 N–H and O–H groups in total. The van der Waals surface area contributed by atoms with E-state index >= 15 is 0 Å². The molecule has 0 saturated heterocycles. The second-order valence-corrected chi connectivity index (χ2v) is 4.81. The fourth-order valence-corrected chi connectivity index (χ4v) is 1.97. The zero-order valence-corrected chi connectivity index (χ0v) is 11.9. The van der Waals surface area contributed by atoms with E-state index in [4.69, 9.17) is 5.73 Å². The van der Waals surface area contributed by atoms with E-state index in [1.54, 1.807) is 25.2 Å². The Balaban J connectivity index is 2.38. The summed E-state index contributed by atoms with van der Waals surface area (Å²) in [5, 5.41) is 5.88. The van der Waals surface area contributed by atoms with Crippen LogP contribution in [0.25, 0.3) is 0 Å². The highest BCUT2D eigenvalue weighted by atomic mass is 16.1. The summed E-state index contributed by atoms with van der Waals surface area (Å²) in [5.41, 5.74) is 11.1. The summed E-state index contributed by atoms with van der Waals surface area (Å²) in [6, 6.07) is 11.3. The lowest BCUT2D eigenvalue weighted by Crippen LogP contribution is -2.19. The van der Waals surface area contributed by atoms with Crippen molar-refractivity contribution >= 4 is 23.0 Å². The first-order chi connectivity index (χ1) is 9.51.